The summed E-state index contributed by atoms with van der Waals surface area (Å²) in [7, 11) is 1.84. The monoisotopic (exact) mass is 268 g/mol. The molecule has 1 amide bonds. The third kappa shape index (κ3) is 3.06. The van der Waals surface area contributed by atoms with Crippen molar-refractivity contribution in [2.45, 2.75) is 18.9 Å². The van der Waals surface area contributed by atoms with Crippen LogP contribution in [0.2, 0.25) is 0 Å². The number of nitrogens with two attached hydrogens (primary N) is 1. The van der Waals surface area contributed by atoms with Crippen molar-refractivity contribution in [3.63, 3.8) is 0 Å². The van der Waals surface area contributed by atoms with Crippen molar-refractivity contribution in [2.75, 3.05) is 7.05 Å². The summed E-state index contributed by atoms with van der Waals surface area (Å²) in [4.78, 5) is 11.2. The van der Waals surface area contributed by atoms with Crippen LogP contribution in [0.15, 0.2) is 54.6 Å². The maximum atomic E-state index is 11.2. The van der Waals surface area contributed by atoms with Crippen LogP contribution in [-0.4, -0.2) is 13.0 Å². The van der Waals surface area contributed by atoms with Crippen molar-refractivity contribution < 1.29 is 4.79 Å². The van der Waals surface area contributed by atoms with E-state index in [9.17, 15) is 4.79 Å². The van der Waals surface area contributed by atoms with Gasteiger partial charge in [-0.15, -0.1) is 0 Å². The molecular weight excluding hydrogens is 248 g/mol. The van der Waals surface area contributed by atoms with Crippen molar-refractivity contribution in [1.82, 2.24) is 5.32 Å². The average molecular weight is 268 g/mol. The molecule has 0 saturated carbocycles. The minimum Gasteiger partial charge on any atom is -0.370 e. The fourth-order valence-electron chi connectivity index (χ4n) is 2.34. The van der Waals surface area contributed by atoms with Gasteiger partial charge in [-0.25, -0.2) is 0 Å². The Bertz CT molecular complexity index is 578. The molecule has 2 rings (SSSR count). The Hall–Kier alpha value is -2.13. The summed E-state index contributed by atoms with van der Waals surface area (Å²) in [6.45, 7) is 1.98. The first-order valence-electron chi connectivity index (χ1n) is 6.68. The van der Waals surface area contributed by atoms with E-state index in [1.807, 2.05) is 44.3 Å². The molecule has 0 aliphatic heterocycles. The molecule has 0 bridgehead atoms. The first-order chi connectivity index (χ1) is 9.55. The topological polar surface area (TPSA) is 55.1 Å². The van der Waals surface area contributed by atoms with Crippen molar-refractivity contribution in [1.29, 1.82) is 0 Å². The summed E-state index contributed by atoms with van der Waals surface area (Å²) >= 11 is 0. The lowest BCUT2D eigenvalue weighted by Gasteiger charge is -2.28. The summed E-state index contributed by atoms with van der Waals surface area (Å²) in [5, 5.41) is 3.18. The minimum absolute atomic E-state index is 0.272. The van der Waals surface area contributed by atoms with Gasteiger partial charge in [0.05, 0.1) is 0 Å². The summed E-state index contributed by atoms with van der Waals surface area (Å²) in [5.41, 5.74) is 8.30. The lowest BCUT2D eigenvalue weighted by Crippen LogP contribution is -2.40. The second kappa shape index (κ2) is 5.88. The van der Waals surface area contributed by atoms with Gasteiger partial charge in [0.2, 0.25) is 5.91 Å². The highest BCUT2D eigenvalue weighted by Gasteiger charge is 2.26. The predicted octanol–water partition coefficient (Wildman–Crippen LogP) is 2.66. The van der Waals surface area contributed by atoms with E-state index >= 15 is 0 Å². The summed E-state index contributed by atoms with van der Waals surface area (Å²) in [6.07, 6.45) is 0.272. The van der Waals surface area contributed by atoms with Crippen LogP contribution in [0.3, 0.4) is 0 Å². The van der Waals surface area contributed by atoms with Crippen LogP contribution >= 0.6 is 0 Å². The molecule has 1 unspecified atom stereocenters. The first kappa shape index (κ1) is 14.3. The Kier molecular flexibility index (Phi) is 4.20. The van der Waals surface area contributed by atoms with Crippen molar-refractivity contribution in [2.24, 2.45) is 5.73 Å². The van der Waals surface area contributed by atoms with Crippen molar-refractivity contribution >= 4 is 5.91 Å². The van der Waals surface area contributed by atoms with Crippen LogP contribution in [0.5, 0.6) is 0 Å². The highest BCUT2D eigenvalue weighted by Crippen LogP contribution is 2.27. The quantitative estimate of drug-likeness (QED) is 0.876. The Morgan fingerprint density at radius 2 is 1.60 bits per heavy atom. The Labute approximate surface area is 119 Å². The molecule has 2 aromatic rings. The number of hydrogen-bond acceptors (Lipinski definition) is 2. The lowest BCUT2D eigenvalue weighted by atomic mass is 9.87. The smallest absolute Gasteiger partial charge is 0.219 e. The van der Waals surface area contributed by atoms with E-state index < -0.39 is 5.54 Å². The van der Waals surface area contributed by atoms with E-state index in [1.54, 1.807) is 0 Å². The minimum atomic E-state index is -0.430. The second-order valence-electron chi connectivity index (χ2n) is 5.17. The van der Waals surface area contributed by atoms with Gasteiger partial charge in [-0.1, -0.05) is 54.6 Å². The molecule has 2 aromatic carbocycles. The van der Waals surface area contributed by atoms with Gasteiger partial charge in [-0.05, 0) is 30.7 Å². The van der Waals surface area contributed by atoms with Crippen LogP contribution in [0, 0.1) is 0 Å². The Morgan fingerprint density at radius 3 is 2.10 bits per heavy atom. The third-order valence-corrected chi connectivity index (χ3v) is 3.71. The number of carbonyl (C=O) groups is 1. The molecule has 0 spiro atoms. The summed E-state index contributed by atoms with van der Waals surface area (Å²) < 4.78 is 0. The Balaban J connectivity index is 2.30. The second-order valence-corrected chi connectivity index (χ2v) is 5.17. The molecule has 0 aromatic heterocycles. The van der Waals surface area contributed by atoms with E-state index in [0.29, 0.717) is 0 Å². The number of carbonyl (C=O) groups excluding carboxylic acids is 1. The average Bonchev–Trinajstić information content (AvgIpc) is 2.47. The van der Waals surface area contributed by atoms with Crippen molar-refractivity contribution in [3.8, 4) is 11.1 Å². The number of benzene rings is 2. The van der Waals surface area contributed by atoms with Gasteiger partial charge < -0.3 is 11.1 Å². The molecule has 0 aliphatic rings. The van der Waals surface area contributed by atoms with Crippen LogP contribution in [0.4, 0.5) is 0 Å². The maximum Gasteiger partial charge on any atom is 0.219 e. The number of primary amides is 1. The lowest BCUT2D eigenvalue weighted by molar-refractivity contribution is -0.119. The van der Waals surface area contributed by atoms with Gasteiger partial charge in [0.1, 0.15) is 0 Å². The van der Waals surface area contributed by atoms with Crippen LogP contribution in [0.1, 0.15) is 18.9 Å². The van der Waals surface area contributed by atoms with E-state index in [0.717, 1.165) is 11.1 Å². The van der Waals surface area contributed by atoms with Crippen LogP contribution in [0.25, 0.3) is 11.1 Å². The normalized spacial score (nSPS) is 13.7. The molecule has 20 heavy (non-hydrogen) atoms. The molecule has 0 aliphatic carbocycles. The summed E-state index contributed by atoms with van der Waals surface area (Å²) in [5.74, 6) is -0.311. The third-order valence-electron chi connectivity index (χ3n) is 3.71. The highest BCUT2D eigenvalue weighted by molar-refractivity contribution is 5.75. The van der Waals surface area contributed by atoms with E-state index in [2.05, 4.69) is 29.6 Å². The molecule has 3 heteroatoms. The molecule has 0 heterocycles. The highest BCUT2D eigenvalue weighted by atomic mass is 16.1. The van der Waals surface area contributed by atoms with Crippen LogP contribution < -0.4 is 11.1 Å². The Morgan fingerprint density at radius 1 is 1.05 bits per heavy atom. The number of amides is 1. The maximum absolute atomic E-state index is 11.2. The fraction of sp³-hybridized carbons (Fsp3) is 0.235. The fourth-order valence-corrected chi connectivity index (χ4v) is 2.34. The van der Waals surface area contributed by atoms with Crippen molar-refractivity contribution in [3.05, 3.63) is 60.2 Å². The zero-order valence-electron chi connectivity index (χ0n) is 11.9. The molecular formula is C17H20N2O. The summed E-state index contributed by atoms with van der Waals surface area (Å²) in [6, 6.07) is 18.4. The molecule has 0 saturated heterocycles. The van der Waals surface area contributed by atoms with Gasteiger partial charge in [-0.3, -0.25) is 4.79 Å². The van der Waals surface area contributed by atoms with Gasteiger partial charge in [0.25, 0.3) is 0 Å². The molecule has 1 atom stereocenters. The SMILES string of the molecule is CNC(C)(CC(N)=O)c1ccc(-c2ccccc2)cc1. The largest absolute Gasteiger partial charge is 0.370 e. The molecule has 104 valence electrons. The van der Waals surface area contributed by atoms with Gasteiger partial charge in [0, 0.05) is 12.0 Å². The molecule has 3 nitrogen and oxygen atoms in total. The number of nitrogens with one attached hydrogen (secondary N) is 1. The standard InChI is InChI=1S/C17H20N2O/c1-17(19-2,12-16(18)20)15-10-8-14(9-11-15)13-6-4-3-5-7-13/h3-11,19H,12H2,1-2H3,(H2,18,20). The van der Waals surface area contributed by atoms with E-state index in [-0.39, 0.29) is 12.3 Å². The molecule has 0 fully saturated rings. The molecule has 0 radical (unpaired) electrons. The van der Waals surface area contributed by atoms with E-state index in [1.165, 1.54) is 5.56 Å². The zero-order chi connectivity index (χ0) is 14.6. The van der Waals surface area contributed by atoms with Crippen LogP contribution in [-0.2, 0) is 10.3 Å². The first-order valence-corrected chi connectivity index (χ1v) is 6.68. The molecule has 3 N–H and O–H groups in total. The van der Waals surface area contributed by atoms with Gasteiger partial charge in [0.15, 0.2) is 0 Å². The van der Waals surface area contributed by atoms with Gasteiger partial charge >= 0.3 is 0 Å². The van der Waals surface area contributed by atoms with Gasteiger partial charge in [-0.2, -0.15) is 0 Å². The predicted molar refractivity (Wildman–Crippen MR) is 82.1 cm³/mol. The number of hydrogen-bond donors (Lipinski definition) is 2. The number of rotatable bonds is 5. The zero-order valence-corrected chi connectivity index (χ0v) is 11.9. The van der Waals surface area contributed by atoms with E-state index in [4.69, 9.17) is 5.73 Å².